The van der Waals surface area contributed by atoms with Gasteiger partial charge in [0.05, 0.1) is 7.11 Å². The number of aromatic nitrogens is 2. The molecule has 4 rings (SSSR count). The van der Waals surface area contributed by atoms with Gasteiger partial charge in [-0.1, -0.05) is 6.58 Å². The molecule has 29 heavy (non-hydrogen) atoms. The Balaban J connectivity index is 1.66. The minimum atomic E-state index is -0.107. The molecule has 1 amide bonds. The molecule has 7 heteroatoms. The zero-order valence-corrected chi connectivity index (χ0v) is 16.6. The van der Waals surface area contributed by atoms with Crippen molar-refractivity contribution in [2.75, 3.05) is 31.6 Å². The molecule has 152 valence electrons. The van der Waals surface area contributed by atoms with E-state index < -0.39 is 0 Å². The maximum absolute atomic E-state index is 12.8. The number of nitrogens with zero attached hydrogens (tertiary/aromatic N) is 3. The van der Waals surface area contributed by atoms with Gasteiger partial charge in [0.2, 0.25) is 11.8 Å². The predicted octanol–water partition coefficient (Wildman–Crippen LogP) is 2.45. The van der Waals surface area contributed by atoms with Crippen LogP contribution < -0.4 is 15.2 Å². The quantitative estimate of drug-likeness (QED) is 0.730. The molecule has 1 N–H and O–H groups in total. The fraction of sp³-hybridized carbons (Fsp3) is 0.409. The van der Waals surface area contributed by atoms with Crippen LogP contribution in [0.1, 0.15) is 19.3 Å². The number of carbonyl (C=O) groups is 1. The largest absolute Gasteiger partial charge is 0.481 e. The number of rotatable bonds is 7. The number of pyridine rings is 2. The third kappa shape index (κ3) is 4.18. The average molecular weight is 394 g/mol. The number of hydrogen-bond donors (Lipinski definition) is 1. The van der Waals surface area contributed by atoms with E-state index in [1.807, 2.05) is 23.1 Å². The summed E-state index contributed by atoms with van der Waals surface area (Å²) in [6.07, 6.45) is 8.00. The normalized spacial score (nSPS) is 18.5. The molecule has 7 nitrogen and oxygen atoms in total. The van der Waals surface area contributed by atoms with Crippen molar-refractivity contribution >= 4 is 11.6 Å². The Morgan fingerprint density at radius 1 is 1.38 bits per heavy atom. The number of aromatic amines is 1. The van der Waals surface area contributed by atoms with Gasteiger partial charge in [0.25, 0.3) is 5.56 Å². The highest BCUT2D eigenvalue weighted by Gasteiger charge is 2.34. The molecule has 1 saturated heterocycles. The number of methoxy groups -OCH3 is 1. The molecule has 0 radical (unpaired) electrons. The molecule has 1 saturated carbocycles. The van der Waals surface area contributed by atoms with Crippen molar-refractivity contribution < 1.29 is 9.53 Å². The second-order valence-electron chi connectivity index (χ2n) is 7.72. The van der Waals surface area contributed by atoms with E-state index in [0.29, 0.717) is 30.6 Å². The van der Waals surface area contributed by atoms with Crippen LogP contribution in [0.5, 0.6) is 5.88 Å². The number of ether oxygens (including phenoxy) is 1. The lowest BCUT2D eigenvalue weighted by atomic mass is 10.1. The molecule has 2 fully saturated rings. The summed E-state index contributed by atoms with van der Waals surface area (Å²) < 4.78 is 5.23. The predicted molar refractivity (Wildman–Crippen MR) is 112 cm³/mol. The van der Waals surface area contributed by atoms with E-state index in [1.165, 1.54) is 18.9 Å². The molecular weight excluding hydrogens is 368 g/mol. The van der Waals surface area contributed by atoms with Crippen LogP contribution in [0.15, 0.2) is 48.0 Å². The van der Waals surface area contributed by atoms with Crippen LogP contribution in [0.2, 0.25) is 0 Å². The number of amides is 1. The molecule has 1 aliphatic heterocycles. The zero-order valence-electron chi connectivity index (χ0n) is 16.6. The smallest absolute Gasteiger partial charge is 0.271 e. The van der Waals surface area contributed by atoms with Crippen LogP contribution in [-0.2, 0) is 4.79 Å². The lowest BCUT2D eigenvalue weighted by molar-refractivity contribution is -0.125. The summed E-state index contributed by atoms with van der Waals surface area (Å²) in [5, 5.41) is 0. The zero-order chi connectivity index (χ0) is 20.4. The topological polar surface area (TPSA) is 78.5 Å². The van der Waals surface area contributed by atoms with Gasteiger partial charge in [-0.15, -0.1) is 0 Å². The van der Waals surface area contributed by atoms with E-state index in [0.717, 1.165) is 24.1 Å². The summed E-state index contributed by atoms with van der Waals surface area (Å²) in [6, 6.07) is 5.81. The highest BCUT2D eigenvalue weighted by Crippen LogP contribution is 2.34. The van der Waals surface area contributed by atoms with E-state index in [1.54, 1.807) is 19.5 Å². The Bertz CT molecular complexity index is 967. The second kappa shape index (κ2) is 8.11. The van der Waals surface area contributed by atoms with Gasteiger partial charge in [-0.2, -0.15) is 0 Å². The van der Waals surface area contributed by atoms with Crippen molar-refractivity contribution in [2.45, 2.75) is 25.3 Å². The number of H-pyrrole nitrogens is 1. The highest BCUT2D eigenvalue weighted by atomic mass is 16.5. The van der Waals surface area contributed by atoms with Crippen LogP contribution in [0.3, 0.4) is 0 Å². The van der Waals surface area contributed by atoms with Crippen molar-refractivity contribution in [1.29, 1.82) is 0 Å². The van der Waals surface area contributed by atoms with Crippen molar-refractivity contribution in [2.24, 2.45) is 5.92 Å². The molecule has 2 aliphatic rings. The van der Waals surface area contributed by atoms with Crippen LogP contribution in [0.4, 0.5) is 5.69 Å². The van der Waals surface area contributed by atoms with Crippen LogP contribution in [0, 0.1) is 5.92 Å². The first-order valence-electron chi connectivity index (χ1n) is 10.00. The number of likely N-dealkylation sites (tertiary alicyclic amines) is 1. The summed E-state index contributed by atoms with van der Waals surface area (Å²) >= 11 is 0. The Morgan fingerprint density at radius 3 is 2.93 bits per heavy atom. The fourth-order valence-electron chi connectivity index (χ4n) is 3.90. The molecule has 3 heterocycles. The van der Waals surface area contributed by atoms with E-state index in [2.05, 4.69) is 21.4 Å². The third-order valence-corrected chi connectivity index (χ3v) is 5.71. The van der Waals surface area contributed by atoms with Gasteiger partial charge >= 0.3 is 0 Å². The fourth-order valence-corrected chi connectivity index (χ4v) is 3.90. The first-order valence-corrected chi connectivity index (χ1v) is 10.00. The van der Waals surface area contributed by atoms with Gasteiger partial charge in [0.1, 0.15) is 5.69 Å². The average Bonchev–Trinajstić information content (AvgIpc) is 3.45. The van der Waals surface area contributed by atoms with Gasteiger partial charge in [-0.05, 0) is 49.0 Å². The first-order chi connectivity index (χ1) is 14.1. The Morgan fingerprint density at radius 2 is 2.21 bits per heavy atom. The lowest BCUT2D eigenvalue weighted by Crippen LogP contribution is -2.42. The van der Waals surface area contributed by atoms with Crippen molar-refractivity contribution in [3.8, 4) is 17.0 Å². The summed E-state index contributed by atoms with van der Waals surface area (Å²) in [6.45, 7) is 5.74. The maximum Gasteiger partial charge on any atom is 0.271 e. The number of nitrogens with one attached hydrogen (secondary N) is 1. The van der Waals surface area contributed by atoms with E-state index in [9.17, 15) is 9.59 Å². The number of anilines is 1. The minimum Gasteiger partial charge on any atom is -0.481 e. The molecular formula is C22H26N4O3. The van der Waals surface area contributed by atoms with Crippen molar-refractivity contribution in [1.82, 2.24) is 14.9 Å². The highest BCUT2D eigenvalue weighted by molar-refractivity contribution is 5.87. The van der Waals surface area contributed by atoms with Gasteiger partial charge < -0.3 is 19.5 Å². The molecule has 0 unspecified atom stereocenters. The Kier molecular flexibility index (Phi) is 5.38. The van der Waals surface area contributed by atoms with Gasteiger partial charge in [0, 0.05) is 49.7 Å². The van der Waals surface area contributed by atoms with E-state index in [4.69, 9.17) is 4.74 Å². The number of carbonyl (C=O) groups excluding carboxylic acids is 1. The summed E-state index contributed by atoms with van der Waals surface area (Å²) in [5.74, 6) is 1.09. The second-order valence-corrected chi connectivity index (χ2v) is 7.72. The number of hydrogen-bond acceptors (Lipinski definition) is 5. The van der Waals surface area contributed by atoms with Crippen LogP contribution in [0.25, 0.3) is 11.1 Å². The molecule has 2 aromatic rings. The minimum absolute atomic E-state index is 0.0505. The van der Waals surface area contributed by atoms with Crippen molar-refractivity contribution in [3.05, 3.63) is 53.6 Å². The maximum atomic E-state index is 12.8. The monoisotopic (exact) mass is 394 g/mol. The van der Waals surface area contributed by atoms with Gasteiger partial charge in [-0.3, -0.25) is 9.59 Å². The van der Waals surface area contributed by atoms with Crippen LogP contribution in [-0.4, -0.2) is 53.6 Å². The lowest BCUT2D eigenvalue weighted by Gasteiger charge is -2.31. The Labute approximate surface area is 170 Å². The van der Waals surface area contributed by atoms with E-state index in [-0.39, 0.29) is 17.5 Å². The molecule has 2 aromatic heterocycles. The SMILES string of the molecule is C=CC(=O)N1CC[C@H](N(CC2CC2)c2cc(-c3ccnc(OC)c3)c[nH]c2=O)C1. The molecule has 0 bridgehead atoms. The summed E-state index contributed by atoms with van der Waals surface area (Å²) in [5.41, 5.74) is 2.38. The van der Waals surface area contributed by atoms with Crippen molar-refractivity contribution in [3.63, 3.8) is 0 Å². The molecule has 0 aromatic carbocycles. The van der Waals surface area contributed by atoms with Gasteiger partial charge in [0.15, 0.2) is 0 Å². The molecule has 1 aliphatic carbocycles. The standard InChI is InChI=1S/C22H26N4O3/c1-3-21(27)25-9-7-18(14-25)26(13-15-4-5-15)19-10-17(12-24-22(19)28)16-6-8-23-20(11-16)29-2/h3,6,8,10-12,15,18H,1,4-5,7,9,13-14H2,2H3,(H,24,28)/t18-/m0/s1. The molecule has 0 spiro atoms. The van der Waals surface area contributed by atoms with Gasteiger partial charge in [-0.25, -0.2) is 4.98 Å². The summed E-state index contributed by atoms with van der Waals surface area (Å²) in [7, 11) is 1.58. The van der Waals surface area contributed by atoms with Crippen LogP contribution >= 0.6 is 0 Å². The molecule has 1 atom stereocenters. The Hall–Kier alpha value is -3.09. The van der Waals surface area contributed by atoms with E-state index >= 15 is 0 Å². The first kappa shape index (κ1) is 19.2. The summed E-state index contributed by atoms with van der Waals surface area (Å²) in [4.78, 5) is 35.8. The third-order valence-electron chi connectivity index (χ3n) is 5.71.